The van der Waals surface area contributed by atoms with Gasteiger partial charge in [0.25, 0.3) is 0 Å². The highest BCUT2D eigenvalue weighted by Gasteiger charge is 2.18. The van der Waals surface area contributed by atoms with Gasteiger partial charge in [0, 0.05) is 12.2 Å². The molecule has 0 saturated carbocycles. The van der Waals surface area contributed by atoms with Gasteiger partial charge in [-0.1, -0.05) is 11.6 Å². The third kappa shape index (κ3) is 4.94. The maximum Gasteiger partial charge on any atom is 0.242 e. The second-order valence-electron chi connectivity index (χ2n) is 5.05. The minimum Gasteiger partial charge on any atom is -0.398 e. The summed E-state index contributed by atoms with van der Waals surface area (Å²) in [5, 5.41) is 0.192. The molecule has 0 radical (unpaired) electrons. The molecule has 1 aromatic rings. The molecule has 0 amide bonds. The zero-order valence-electron chi connectivity index (χ0n) is 12.1. The summed E-state index contributed by atoms with van der Waals surface area (Å²) >= 11 is 5.99. The van der Waals surface area contributed by atoms with Crippen molar-refractivity contribution in [2.24, 2.45) is 0 Å². The number of hydrogen-bond donors (Lipinski definition) is 2. The van der Waals surface area contributed by atoms with Gasteiger partial charge in [0.05, 0.1) is 5.02 Å². The van der Waals surface area contributed by atoms with Gasteiger partial charge < -0.3 is 10.6 Å². The number of nitrogen functional groups attached to an aromatic ring is 1. The van der Waals surface area contributed by atoms with Crippen molar-refractivity contribution < 1.29 is 8.42 Å². The summed E-state index contributed by atoms with van der Waals surface area (Å²) in [5.41, 5.74) is 6.92. The zero-order valence-corrected chi connectivity index (χ0v) is 13.7. The van der Waals surface area contributed by atoms with E-state index < -0.39 is 10.0 Å². The van der Waals surface area contributed by atoms with E-state index in [9.17, 15) is 8.42 Å². The highest BCUT2D eigenvalue weighted by atomic mass is 35.5. The van der Waals surface area contributed by atoms with E-state index in [1.807, 2.05) is 14.1 Å². The third-order valence-electron chi connectivity index (χ3n) is 2.93. The Bertz CT molecular complexity index is 559. The standard InChI is InChI=1S/C13H22ClN3O2S/c1-10-8-11(14)13(9-12(10)15)20(18,19)16-6-4-5-7-17(2)3/h8-9,16H,4-7,15H2,1-3H3. The van der Waals surface area contributed by atoms with E-state index in [4.69, 9.17) is 17.3 Å². The quantitative estimate of drug-likeness (QED) is 0.594. The summed E-state index contributed by atoms with van der Waals surface area (Å²) in [6, 6.07) is 2.97. The van der Waals surface area contributed by atoms with E-state index in [2.05, 4.69) is 9.62 Å². The van der Waals surface area contributed by atoms with Gasteiger partial charge in [0.1, 0.15) is 4.90 Å². The number of hydrogen-bond acceptors (Lipinski definition) is 4. The van der Waals surface area contributed by atoms with E-state index >= 15 is 0 Å². The first-order valence-corrected chi connectivity index (χ1v) is 8.30. The number of aryl methyl sites for hydroxylation is 1. The fraction of sp³-hybridized carbons (Fsp3) is 0.538. The Morgan fingerprint density at radius 2 is 1.95 bits per heavy atom. The van der Waals surface area contributed by atoms with Crippen LogP contribution in [-0.4, -0.2) is 40.5 Å². The average molecular weight is 320 g/mol. The van der Waals surface area contributed by atoms with E-state index in [-0.39, 0.29) is 9.92 Å². The average Bonchev–Trinajstić information content (AvgIpc) is 2.32. The van der Waals surface area contributed by atoms with Crippen molar-refractivity contribution in [3.63, 3.8) is 0 Å². The summed E-state index contributed by atoms with van der Waals surface area (Å²) < 4.78 is 26.9. The lowest BCUT2D eigenvalue weighted by Gasteiger charge is -2.11. The Hall–Kier alpha value is -0.820. The molecule has 3 N–H and O–H groups in total. The Balaban J connectivity index is 2.68. The molecule has 5 nitrogen and oxygen atoms in total. The molecule has 7 heteroatoms. The monoisotopic (exact) mass is 319 g/mol. The molecule has 0 aromatic heterocycles. The molecule has 0 unspecified atom stereocenters. The Kier molecular flexibility index (Phi) is 6.26. The number of nitrogens with one attached hydrogen (secondary N) is 1. The van der Waals surface area contributed by atoms with Crippen LogP contribution in [0.25, 0.3) is 0 Å². The fourth-order valence-corrected chi connectivity index (χ4v) is 3.40. The molecule has 1 rings (SSSR count). The Morgan fingerprint density at radius 3 is 2.55 bits per heavy atom. The maximum absolute atomic E-state index is 12.2. The van der Waals surface area contributed by atoms with Crippen LogP contribution in [0.1, 0.15) is 18.4 Å². The van der Waals surface area contributed by atoms with Gasteiger partial charge in [-0.2, -0.15) is 0 Å². The van der Waals surface area contributed by atoms with Crippen LogP contribution in [0.3, 0.4) is 0 Å². The minimum absolute atomic E-state index is 0.0369. The van der Waals surface area contributed by atoms with Gasteiger partial charge in [-0.3, -0.25) is 0 Å². The largest absolute Gasteiger partial charge is 0.398 e. The molecule has 114 valence electrons. The lowest BCUT2D eigenvalue weighted by molar-refractivity contribution is 0.394. The molecule has 0 heterocycles. The van der Waals surface area contributed by atoms with Gasteiger partial charge in [-0.05, 0) is 58.1 Å². The Labute approximate surface area is 126 Å². The number of halogens is 1. The van der Waals surface area contributed by atoms with Gasteiger partial charge in [-0.15, -0.1) is 0 Å². The number of benzene rings is 1. The minimum atomic E-state index is -3.61. The molecule has 20 heavy (non-hydrogen) atoms. The second-order valence-corrected chi connectivity index (χ2v) is 7.19. The predicted molar refractivity (Wildman–Crippen MR) is 83.6 cm³/mol. The summed E-state index contributed by atoms with van der Waals surface area (Å²) in [7, 11) is 0.364. The number of unbranched alkanes of at least 4 members (excludes halogenated alkanes) is 1. The normalized spacial score (nSPS) is 12.1. The van der Waals surface area contributed by atoms with Crippen LogP contribution in [0.15, 0.2) is 17.0 Å². The second kappa shape index (κ2) is 7.26. The van der Waals surface area contributed by atoms with Gasteiger partial charge in [0.2, 0.25) is 10.0 Å². The van der Waals surface area contributed by atoms with Gasteiger partial charge >= 0.3 is 0 Å². The van der Waals surface area contributed by atoms with Crippen LogP contribution in [0, 0.1) is 6.92 Å². The van der Waals surface area contributed by atoms with Crippen molar-refractivity contribution in [3.8, 4) is 0 Å². The molecule has 0 aliphatic carbocycles. The molecule has 0 saturated heterocycles. The van der Waals surface area contributed by atoms with Crippen LogP contribution in [-0.2, 0) is 10.0 Å². The Morgan fingerprint density at radius 1 is 1.30 bits per heavy atom. The molecular formula is C13H22ClN3O2S. The van der Waals surface area contributed by atoms with Crippen molar-refractivity contribution in [3.05, 3.63) is 22.7 Å². The number of anilines is 1. The van der Waals surface area contributed by atoms with Gasteiger partial charge in [-0.25, -0.2) is 13.1 Å². The van der Waals surface area contributed by atoms with Crippen LogP contribution in [0.2, 0.25) is 5.02 Å². The van der Waals surface area contributed by atoms with Crippen LogP contribution in [0.5, 0.6) is 0 Å². The number of rotatable bonds is 7. The molecule has 1 aromatic carbocycles. The highest BCUT2D eigenvalue weighted by molar-refractivity contribution is 7.89. The van der Waals surface area contributed by atoms with Crippen molar-refractivity contribution in [1.82, 2.24) is 9.62 Å². The predicted octanol–water partition coefficient (Wildman–Crippen LogP) is 1.85. The molecule has 0 aliphatic heterocycles. The summed E-state index contributed by atoms with van der Waals surface area (Å²) in [6.07, 6.45) is 1.70. The molecule has 0 spiro atoms. The third-order valence-corrected chi connectivity index (χ3v) is 4.86. The van der Waals surface area contributed by atoms with Crippen molar-refractivity contribution in [1.29, 1.82) is 0 Å². The van der Waals surface area contributed by atoms with E-state index in [0.717, 1.165) is 24.9 Å². The summed E-state index contributed by atoms with van der Waals surface area (Å²) in [6.45, 7) is 3.10. The van der Waals surface area contributed by atoms with E-state index in [0.29, 0.717) is 12.2 Å². The zero-order chi connectivity index (χ0) is 15.3. The molecule has 0 bridgehead atoms. The fourth-order valence-electron chi connectivity index (χ4n) is 1.71. The van der Waals surface area contributed by atoms with E-state index in [1.165, 1.54) is 6.07 Å². The van der Waals surface area contributed by atoms with Crippen LogP contribution < -0.4 is 10.5 Å². The molecule has 0 fully saturated rings. The SMILES string of the molecule is Cc1cc(Cl)c(S(=O)(=O)NCCCCN(C)C)cc1N. The van der Waals surface area contributed by atoms with Crippen molar-refractivity contribution >= 4 is 27.3 Å². The first kappa shape index (κ1) is 17.2. The number of nitrogens with zero attached hydrogens (tertiary/aromatic N) is 1. The molecule has 0 atom stereocenters. The van der Waals surface area contributed by atoms with Crippen LogP contribution in [0.4, 0.5) is 5.69 Å². The van der Waals surface area contributed by atoms with Crippen molar-refractivity contribution in [2.75, 3.05) is 32.9 Å². The molecular weight excluding hydrogens is 298 g/mol. The van der Waals surface area contributed by atoms with Gasteiger partial charge in [0.15, 0.2) is 0 Å². The van der Waals surface area contributed by atoms with Crippen LogP contribution >= 0.6 is 11.6 Å². The lowest BCUT2D eigenvalue weighted by Crippen LogP contribution is -2.26. The lowest BCUT2D eigenvalue weighted by atomic mass is 10.2. The summed E-state index contributed by atoms with van der Waals surface area (Å²) in [4.78, 5) is 2.10. The maximum atomic E-state index is 12.2. The highest BCUT2D eigenvalue weighted by Crippen LogP contribution is 2.26. The first-order chi connectivity index (χ1) is 9.24. The van der Waals surface area contributed by atoms with E-state index in [1.54, 1.807) is 13.0 Å². The number of nitrogens with two attached hydrogens (primary N) is 1. The number of sulfonamides is 1. The van der Waals surface area contributed by atoms with Crippen molar-refractivity contribution in [2.45, 2.75) is 24.7 Å². The smallest absolute Gasteiger partial charge is 0.242 e. The molecule has 0 aliphatic rings. The first-order valence-electron chi connectivity index (χ1n) is 6.44. The summed E-state index contributed by atoms with van der Waals surface area (Å²) in [5.74, 6) is 0. The topological polar surface area (TPSA) is 75.4 Å².